The molecule has 3 nitrogen and oxygen atoms in total. The molecule has 0 heterocycles. The van der Waals surface area contributed by atoms with E-state index in [4.69, 9.17) is 11.1 Å². The largest absolute Gasteiger partial charge is 0.384 e. The van der Waals surface area contributed by atoms with Crippen LogP contribution >= 0.6 is 15.9 Å². The molecule has 0 aromatic heterocycles. The van der Waals surface area contributed by atoms with E-state index in [9.17, 15) is 0 Å². The molecular weight excluding hydrogens is 314 g/mol. The molecule has 0 bridgehead atoms. The number of benzene rings is 1. The minimum atomic E-state index is 0.102. The van der Waals surface area contributed by atoms with Crippen LogP contribution in [0, 0.1) is 10.8 Å². The first kappa shape index (κ1) is 15.4. The van der Waals surface area contributed by atoms with Crippen molar-refractivity contribution < 1.29 is 0 Å². The van der Waals surface area contributed by atoms with Gasteiger partial charge >= 0.3 is 0 Å². The fourth-order valence-corrected chi connectivity index (χ4v) is 3.50. The van der Waals surface area contributed by atoms with Gasteiger partial charge in [0.15, 0.2) is 0 Å². The highest BCUT2D eigenvalue weighted by atomic mass is 79.9. The third-order valence-electron chi connectivity index (χ3n) is 4.51. The third-order valence-corrected chi connectivity index (χ3v) is 5.16. The molecule has 3 N–H and O–H groups in total. The summed E-state index contributed by atoms with van der Waals surface area (Å²) in [4.78, 5) is 2.36. The van der Waals surface area contributed by atoms with Crippen LogP contribution in [0.3, 0.4) is 0 Å². The van der Waals surface area contributed by atoms with Gasteiger partial charge in [-0.15, -0.1) is 0 Å². The zero-order valence-corrected chi connectivity index (χ0v) is 14.1. The smallest absolute Gasteiger partial charge is 0.123 e. The molecule has 1 aliphatic rings. The van der Waals surface area contributed by atoms with Gasteiger partial charge in [0, 0.05) is 28.8 Å². The van der Waals surface area contributed by atoms with Crippen LogP contribution in [-0.2, 0) is 0 Å². The standard InChI is InChI=1S/C16H24BrN3/c1-16(2)8-6-11(7-9-16)20(3)12-4-5-13(15(18)19)14(17)10-12/h4-5,10-11H,6-9H2,1-3H3,(H3,18,19). The lowest BCUT2D eigenvalue weighted by Crippen LogP contribution is -2.37. The van der Waals surface area contributed by atoms with Crippen molar-refractivity contribution in [3.63, 3.8) is 0 Å². The van der Waals surface area contributed by atoms with Crippen molar-refractivity contribution in [1.82, 2.24) is 0 Å². The second-order valence-corrected chi connectivity index (χ2v) is 7.44. The van der Waals surface area contributed by atoms with Crippen molar-refractivity contribution in [3.8, 4) is 0 Å². The van der Waals surface area contributed by atoms with Crippen molar-refractivity contribution in [2.75, 3.05) is 11.9 Å². The normalized spacial score (nSPS) is 18.8. The molecule has 4 heteroatoms. The van der Waals surface area contributed by atoms with Crippen LogP contribution < -0.4 is 10.6 Å². The van der Waals surface area contributed by atoms with Crippen molar-refractivity contribution >= 4 is 27.5 Å². The summed E-state index contributed by atoms with van der Waals surface area (Å²) in [6.45, 7) is 4.73. The fraction of sp³-hybridized carbons (Fsp3) is 0.562. The minimum absolute atomic E-state index is 0.102. The molecule has 110 valence electrons. The average molecular weight is 338 g/mol. The topological polar surface area (TPSA) is 53.1 Å². The molecule has 0 spiro atoms. The summed E-state index contributed by atoms with van der Waals surface area (Å²) in [6.07, 6.45) is 5.06. The van der Waals surface area contributed by atoms with E-state index in [1.165, 1.54) is 31.4 Å². The van der Waals surface area contributed by atoms with E-state index in [1.54, 1.807) is 0 Å². The third kappa shape index (κ3) is 3.35. The van der Waals surface area contributed by atoms with Gasteiger partial charge in [-0.05, 0) is 65.2 Å². The van der Waals surface area contributed by atoms with Crippen LogP contribution in [0.2, 0.25) is 0 Å². The highest BCUT2D eigenvalue weighted by molar-refractivity contribution is 9.10. The van der Waals surface area contributed by atoms with Crippen LogP contribution in [0.15, 0.2) is 22.7 Å². The number of anilines is 1. The molecule has 0 atom stereocenters. The highest BCUT2D eigenvalue weighted by Crippen LogP contribution is 2.38. The summed E-state index contributed by atoms with van der Waals surface area (Å²) in [7, 11) is 2.16. The van der Waals surface area contributed by atoms with Gasteiger partial charge in [0.2, 0.25) is 0 Å². The van der Waals surface area contributed by atoms with Crippen molar-refractivity contribution in [2.45, 2.75) is 45.6 Å². The Kier molecular flexibility index (Phi) is 4.43. The van der Waals surface area contributed by atoms with Gasteiger partial charge in [-0.3, -0.25) is 5.41 Å². The minimum Gasteiger partial charge on any atom is -0.384 e. The number of nitrogens with one attached hydrogen (secondary N) is 1. The van der Waals surface area contributed by atoms with Crippen LogP contribution in [0.4, 0.5) is 5.69 Å². The van der Waals surface area contributed by atoms with Crippen LogP contribution in [0.25, 0.3) is 0 Å². The lowest BCUT2D eigenvalue weighted by atomic mass is 9.75. The monoisotopic (exact) mass is 337 g/mol. The summed E-state index contributed by atoms with van der Waals surface area (Å²) >= 11 is 3.51. The Hall–Kier alpha value is -1.03. The summed E-state index contributed by atoms with van der Waals surface area (Å²) in [5, 5.41) is 7.53. The molecule has 1 aromatic rings. The van der Waals surface area contributed by atoms with Gasteiger partial charge in [-0.1, -0.05) is 13.8 Å². The van der Waals surface area contributed by atoms with Gasteiger partial charge in [0.25, 0.3) is 0 Å². The summed E-state index contributed by atoms with van der Waals surface area (Å²) in [5.74, 6) is 0.102. The Bertz CT molecular complexity index is 500. The Morgan fingerprint density at radius 1 is 1.35 bits per heavy atom. The average Bonchev–Trinajstić information content (AvgIpc) is 2.37. The van der Waals surface area contributed by atoms with E-state index < -0.39 is 0 Å². The Balaban J connectivity index is 2.12. The number of halogens is 1. The van der Waals surface area contributed by atoms with Crippen molar-refractivity contribution in [2.24, 2.45) is 11.1 Å². The van der Waals surface area contributed by atoms with Crippen LogP contribution in [-0.4, -0.2) is 18.9 Å². The van der Waals surface area contributed by atoms with E-state index in [0.29, 0.717) is 11.5 Å². The summed E-state index contributed by atoms with van der Waals surface area (Å²) in [6, 6.07) is 6.65. The molecular formula is C16H24BrN3. The molecule has 1 aromatic carbocycles. The number of nitrogens with zero attached hydrogens (tertiary/aromatic N) is 1. The van der Waals surface area contributed by atoms with E-state index >= 15 is 0 Å². The first-order valence-corrected chi connectivity index (χ1v) is 7.96. The molecule has 1 saturated carbocycles. The lowest BCUT2D eigenvalue weighted by molar-refractivity contribution is 0.222. The van der Waals surface area contributed by atoms with Gasteiger partial charge in [-0.2, -0.15) is 0 Å². The van der Waals surface area contributed by atoms with Gasteiger partial charge in [-0.25, -0.2) is 0 Å². The summed E-state index contributed by atoms with van der Waals surface area (Å²) in [5.41, 5.74) is 7.99. The second-order valence-electron chi connectivity index (χ2n) is 6.58. The zero-order valence-electron chi connectivity index (χ0n) is 12.5. The second kappa shape index (κ2) is 5.76. The molecule has 0 saturated heterocycles. The fourth-order valence-electron chi connectivity index (χ4n) is 2.92. The first-order valence-electron chi connectivity index (χ1n) is 7.17. The predicted molar refractivity (Wildman–Crippen MR) is 89.6 cm³/mol. The van der Waals surface area contributed by atoms with E-state index in [0.717, 1.165) is 10.0 Å². The van der Waals surface area contributed by atoms with E-state index in [1.807, 2.05) is 6.07 Å². The number of rotatable bonds is 3. The molecule has 1 fully saturated rings. The lowest BCUT2D eigenvalue weighted by Gasteiger charge is -2.39. The maximum atomic E-state index is 7.53. The number of hydrogen-bond acceptors (Lipinski definition) is 2. The van der Waals surface area contributed by atoms with Gasteiger partial charge in [0.1, 0.15) is 5.84 Å². The molecule has 0 aliphatic heterocycles. The maximum absolute atomic E-state index is 7.53. The van der Waals surface area contributed by atoms with Gasteiger partial charge in [0.05, 0.1) is 0 Å². The van der Waals surface area contributed by atoms with E-state index in [2.05, 4.69) is 53.9 Å². The molecule has 1 aliphatic carbocycles. The Labute approximate surface area is 130 Å². The molecule has 2 rings (SSSR count). The first-order chi connectivity index (χ1) is 9.30. The van der Waals surface area contributed by atoms with Crippen molar-refractivity contribution in [3.05, 3.63) is 28.2 Å². The highest BCUT2D eigenvalue weighted by Gasteiger charge is 2.29. The number of nitrogens with two attached hydrogens (primary N) is 1. The van der Waals surface area contributed by atoms with Crippen LogP contribution in [0.1, 0.15) is 45.1 Å². The van der Waals surface area contributed by atoms with Gasteiger partial charge < -0.3 is 10.6 Å². The predicted octanol–water partition coefficient (Wildman–Crippen LogP) is 4.14. The molecule has 20 heavy (non-hydrogen) atoms. The van der Waals surface area contributed by atoms with Crippen LogP contribution in [0.5, 0.6) is 0 Å². The molecule has 0 radical (unpaired) electrons. The Morgan fingerprint density at radius 3 is 2.45 bits per heavy atom. The SMILES string of the molecule is CN(c1ccc(C(=N)N)c(Br)c1)C1CCC(C)(C)CC1. The van der Waals surface area contributed by atoms with Crippen molar-refractivity contribution in [1.29, 1.82) is 5.41 Å². The Morgan fingerprint density at radius 2 is 1.95 bits per heavy atom. The molecule has 0 unspecified atom stereocenters. The van der Waals surface area contributed by atoms with E-state index in [-0.39, 0.29) is 5.84 Å². The number of hydrogen-bond donors (Lipinski definition) is 2. The zero-order chi connectivity index (χ0) is 14.9. The number of nitrogen functional groups attached to an aromatic ring is 1. The maximum Gasteiger partial charge on any atom is 0.123 e. The molecule has 0 amide bonds. The number of amidine groups is 1. The summed E-state index contributed by atoms with van der Waals surface area (Å²) < 4.78 is 0.894. The quantitative estimate of drug-likeness (QED) is 0.643.